The molecule has 1 heterocycles. The number of nitrogens with one attached hydrogen (secondary N) is 1. The van der Waals surface area contributed by atoms with Crippen LogP contribution in [0.1, 0.15) is 20.7 Å². The van der Waals surface area contributed by atoms with E-state index in [9.17, 15) is 9.59 Å². The van der Waals surface area contributed by atoms with Crippen LogP contribution in [0.15, 0.2) is 42.6 Å². The molecule has 1 aromatic carbocycles. The number of hydrogen-bond acceptors (Lipinski definition) is 4. The number of anilines is 1. The second-order valence-corrected chi connectivity index (χ2v) is 4.23. The van der Waals surface area contributed by atoms with E-state index in [2.05, 4.69) is 15.0 Å². The summed E-state index contributed by atoms with van der Waals surface area (Å²) in [6.07, 6.45) is 1.52. The SMILES string of the molecule is COC(=O)c1cccc(C(=O)Nc2cccnc2Cl)c1. The van der Waals surface area contributed by atoms with Gasteiger partial charge in [0.25, 0.3) is 5.91 Å². The first-order valence-corrected chi connectivity index (χ1v) is 6.10. The topological polar surface area (TPSA) is 68.3 Å². The van der Waals surface area contributed by atoms with E-state index in [1.165, 1.54) is 19.4 Å². The van der Waals surface area contributed by atoms with Crippen LogP contribution >= 0.6 is 11.6 Å². The van der Waals surface area contributed by atoms with Gasteiger partial charge in [-0.15, -0.1) is 0 Å². The van der Waals surface area contributed by atoms with Crippen molar-refractivity contribution in [1.82, 2.24) is 4.98 Å². The van der Waals surface area contributed by atoms with Crippen molar-refractivity contribution in [2.24, 2.45) is 0 Å². The van der Waals surface area contributed by atoms with Gasteiger partial charge in [-0.2, -0.15) is 0 Å². The molecule has 6 heteroatoms. The predicted molar refractivity (Wildman–Crippen MR) is 75.0 cm³/mol. The molecule has 5 nitrogen and oxygen atoms in total. The Morgan fingerprint density at radius 1 is 1.20 bits per heavy atom. The first-order valence-electron chi connectivity index (χ1n) is 5.72. The lowest BCUT2D eigenvalue weighted by atomic mass is 10.1. The van der Waals surface area contributed by atoms with Crippen LogP contribution in [-0.2, 0) is 4.74 Å². The molecule has 0 aliphatic heterocycles. The number of nitrogens with zero attached hydrogens (tertiary/aromatic N) is 1. The predicted octanol–water partition coefficient (Wildman–Crippen LogP) is 2.77. The summed E-state index contributed by atoms with van der Waals surface area (Å²) in [6.45, 7) is 0. The number of rotatable bonds is 3. The molecular weight excluding hydrogens is 280 g/mol. The number of aromatic nitrogens is 1. The number of pyridine rings is 1. The molecule has 20 heavy (non-hydrogen) atoms. The van der Waals surface area contributed by atoms with E-state index in [0.717, 1.165) is 0 Å². The Labute approximate surface area is 120 Å². The van der Waals surface area contributed by atoms with Gasteiger partial charge in [-0.05, 0) is 30.3 Å². The third kappa shape index (κ3) is 3.13. The Bertz CT molecular complexity index is 658. The molecule has 1 amide bonds. The first kappa shape index (κ1) is 14.0. The summed E-state index contributed by atoms with van der Waals surface area (Å²) in [6, 6.07) is 9.51. The summed E-state index contributed by atoms with van der Waals surface area (Å²) >= 11 is 5.86. The van der Waals surface area contributed by atoms with Crippen molar-refractivity contribution in [3.05, 3.63) is 58.9 Å². The third-order valence-electron chi connectivity index (χ3n) is 2.55. The summed E-state index contributed by atoms with van der Waals surface area (Å²) in [5, 5.41) is 2.82. The van der Waals surface area contributed by atoms with E-state index in [4.69, 9.17) is 11.6 Å². The number of carbonyl (C=O) groups excluding carboxylic acids is 2. The number of ether oxygens (including phenoxy) is 1. The van der Waals surface area contributed by atoms with Crippen molar-refractivity contribution in [2.45, 2.75) is 0 Å². The second kappa shape index (κ2) is 6.16. The van der Waals surface area contributed by atoms with Crippen molar-refractivity contribution in [2.75, 3.05) is 12.4 Å². The second-order valence-electron chi connectivity index (χ2n) is 3.87. The number of esters is 1. The highest BCUT2D eigenvalue weighted by atomic mass is 35.5. The summed E-state index contributed by atoms with van der Waals surface area (Å²) in [7, 11) is 1.28. The third-order valence-corrected chi connectivity index (χ3v) is 2.85. The standard InChI is InChI=1S/C14H11ClN2O3/c1-20-14(19)10-5-2-4-9(8-10)13(18)17-11-6-3-7-16-12(11)15/h2-8H,1H3,(H,17,18). The molecule has 0 fully saturated rings. The van der Waals surface area contributed by atoms with Gasteiger partial charge >= 0.3 is 5.97 Å². The molecule has 0 spiro atoms. The largest absolute Gasteiger partial charge is 0.465 e. The number of carbonyl (C=O) groups is 2. The van der Waals surface area contributed by atoms with E-state index >= 15 is 0 Å². The number of hydrogen-bond donors (Lipinski definition) is 1. The van der Waals surface area contributed by atoms with Gasteiger partial charge in [0.15, 0.2) is 5.15 Å². The Morgan fingerprint density at radius 2 is 1.95 bits per heavy atom. The van der Waals surface area contributed by atoms with E-state index in [0.29, 0.717) is 16.8 Å². The van der Waals surface area contributed by atoms with E-state index in [1.54, 1.807) is 30.3 Å². The summed E-state index contributed by atoms with van der Waals surface area (Å²) < 4.78 is 4.61. The molecule has 0 aliphatic carbocycles. The van der Waals surface area contributed by atoms with Crippen molar-refractivity contribution in [3.8, 4) is 0 Å². The molecule has 102 valence electrons. The number of methoxy groups -OCH3 is 1. The maximum absolute atomic E-state index is 12.1. The average Bonchev–Trinajstić information content (AvgIpc) is 2.49. The van der Waals surface area contributed by atoms with Gasteiger partial charge in [0.1, 0.15) is 0 Å². The molecule has 0 aliphatic rings. The molecule has 2 aromatic rings. The lowest BCUT2D eigenvalue weighted by molar-refractivity contribution is 0.0600. The van der Waals surface area contributed by atoms with Crippen LogP contribution in [0.25, 0.3) is 0 Å². The Kier molecular flexibility index (Phi) is 4.32. The van der Waals surface area contributed by atoms with Crippen molar-refractivity contribution in [1.29, 1.82) is 0 Å². The van der Waals surface area contributed by atoms with Crippen molar-refractivity contribution >= 4 is 29.2 Å². The van der Waals surface area contributed by atoms with Crippen LogP contribution in [-0.4, -0.2) is 24.0 Å². The molecule has 0 saturated heterocycles. The van der Waals surface area contributed by atoms with Crippen LogP contribution in [0.5, 0.6) is 0 Å². The van der Waals surface area contributed by atoms with Crippen molar-refractivity contribution in [3.63, 3.8) is 0 Å². The zero-order chi connectivity index (χ0) is 14.5. The minimum Gasteiger partial charge on any atom is -0.465 e. The zero-order valence-electron chi connectivity index (χ0n) is 10.6. The van der Waals surface area contributed by atoms with Gasteiger partial charge in [0, 0.05) is 11.8 Å². The highest BCUT2D eigenvalue weighted by Gasteiger charge is 2.12. The normalized spacial score (nSPS) is 9.90. The first-order chi connectivity index (χ1) is 9.61. The van der Waals surface area contributed by atoms with Crippen LogP contribution in [0.3, 0.4) is 0 Å². The molecule has 2 rings (SSSR count). The zero-order valence-corrected chi connectivity index (χ0v) is 11.3. The van der Waals surface area contributed by atoms with Crippen molar-refractivity contribution < 1.29 is 14.3 Å². The van der Waals surface area contributed by atoms with Gasteiger partial charge in [-0.3, -0.25) is 4.79 Å². The van der Waals surface area contributed by atoms with E-state index in [-0.39, 0.29) is 11.1 Å². The van der Waals surface area contributed by atoms with E-state index < -0.39 is 5.97 Å². The summed E-state index contributed by atoms with van der Waals surface area (Å²) in [4.78, 5) is 27.4. The fourth-order valence-corrected chi connectivity index (χ4v) is 1.75. The lowest BCUT2D eigenvalue weighted by Gasteiger charge is -2.07. The van der Waals surface area contributed by atoms with Gasteiger partial charge < -0.3 is 10.1 Å². The van der Waals surface area contributed by atoms with Gasteiger partial charge in [-0.25, -0.2) is 9.78 Å². The fraction of sp³-hybridized carbons (Fsp3) is 0.0714. The maximum atomic E-state index is 12.1. The minimum atomic E-state index is -0.501. The molecule has 1 N–H and O–H groups in total. The Balaban J connectivity index is 2.22. The van der Waals surface area contributed by atoms with Gasteiger partial charge in [0.2, 0.25) is 0 Å². The fourth-order valence-electron chi connectivity index (χ4n) is 1.58. The van der Waals surface area contributed by atoms with Crippen LogP contribution in [0.4, 0.5) is 5.69 Å². The highest BCUT2D eigenvalue weighted by molar-refractivity contribution is 6.32. The highest BCUT2D eigenvalue weighted by Crippen LogP contribution is 2.18. The molecule has 0 radical (unpaired) electrons. The van der Waals surface area contributed by atoms with Crippen LogP contribution < -0.4 is 5.32 Å². The summed E-state index contributed by atoms with van der Waals surface area (Å²) in [5.41, 5.74) is 1.04. The van der Waals surface area contributed by atoms with Crippen LogP contribution in [0, 0.1) is 0 Å². The Morgan fingerprint density at radius 3 is 2.65 bits per heavy atom. The molecule has 0 bridgehead atoms. The summed E-state index contributed by atoms with van der Waals surface area (Å²) in [5.74, 6) is -0.885. The van der Waals surface area contributed by atoms with Crippen LogP contribution in [0.2, 0.25) is 5.15 Å². The Hall–Kier alpha value is -2.40. The minimum absolute atomic E-state index is 0.199. The van der Waals surface area contributed by atoms with Gasteiger partial charge in [-0.1, -0.05) is 17.7 Å². The molecule has 0 unspecified atom stereocenters. The maximum Gasteiger partial charge on any atom is 0.337 e. The lowest BCUT2D eigenvalue weighted by Crippen LogP contribution is -2.13. The number of benzene rings is 1. The number of halogens is 1. The van der Waals surface area contributed by atoms with Gasteiger partial charge in [0.05, 0.1) is 18.4 Å². The molecule has 1 aromatic heterocycles. The number of amides is 1. The molecule has 0 atom stereocenters. The quantitative estimate of drug-likeness (QED) is 0.697. The monoisotopic (exact) mass is 290 g/mol. The van der Waals surface area contributed by atoms with E-state index in [1.807, 2.05) is 0 Å². The molecular formula is C14H11ClN2O3. The molecule has 0 saturated carbocycles. The smallest absolute Gasteiger partial charge is 0.337 e. The average molecular weight is 291 g/mol.